The first-order valence-electron chi connectivity index (χ1n) is 9.11. The Labute approximate surface area is 176 Å². The Morgan fingerprint density at radius 2 is 2.00 bits per heavy atom. The lowest BCUT2D eigenvalue weighted by molar-refractivity contribution is -0.119. The van der Waals surface area contributed by atoms with Crippen molar-refractivity contribution in [1.29, 1.82) is 0 Å². The van der Waals surface area contributed by atoms with E-state index in [1.165, 1.54) is 6.08 Å². The summed E-state index contributed by atoms with van der Waals surface area (Å²) in [5.41, 5.74) is 4.16. The van der Waals surface area contributed by atoms with Gasteiger partial charge < -0.3 is 5.32 Å². The Hall–Kier alpha value is -3.72. The van der Waals surface area contributed by atoms with Crippen molar-refractivity contribution < 1.29 is 14.4 Å². The lowest BCUT2D eigenvalue weighted by Gasteiger charge is -2.07. The molecule has 3 amide bonds. The van der Waals surface area contributed by atoms with E-state index in [2.05, 4.69) is 25.8 Å². The average Bonchev–Trinajstić information content (AvgIpc) is 3.38. The van der Waals surface area contributed by atoms with Crippen molar-refractivity contribution in [2.75, 3.05) is 5.32 Å². The monoisotopic (exact) mass is 419 g/mol. The number of anilines is 1. The number of hydrogen-bond acceptors (Lipinski definition) is 6. The van der Waals surface area contributed by atoms with Crippen LogP contribution in [0, 0.1) is 0 Å². The number of nitrogens with one attached hydrogen (secondary N) is 3. The summed E-state index contributed by atoms with van der Waals surface area (Å²) in [5.74, 6) is -0.543. The fourth-order valence-electron chi connectivity index (χ4n) is 3.02. The van der Waals surface area contributed by atoms with Crippen molar-refractivity contribution in [3.63, 3.8) is 0 Å². The Balaban J connectivity index is 1.38. The van der Waals surface area contributed by atoms with E-state index in [0.29, 0.717) is 12.1 Å². The van der Waals surface area contributed by atoms with Crippen LogP contribution in [0.15, 0.2) is 61.2 Å². The number of carbonyl (C=O) groups excluding carboxylic acids is 3. The van der Waals surface area contributed by atoms with Crippen molar-refractivity contribution in [3.05, 3.63) is 72.3 Å². The van der Waals surface area contributed by atoms with Crippen LogP contribution in [0.5, 0.6) is 0 Å². The molecule has 2 aromatic heterocycles. The summed E-state index contributed by atoms with van der Waals surface area (Å²) in [5, 5.41) is 11.1. The molecule has 4 rings (SSSR count). The second kappa shape index (κ2) is 8.75. The number of pyridine rings is 1. The van der Waals surface area contributed by atoms with Crippen LogP contribution in [0.25, 0.3) is 17.2 Å². The molecule has 1 aromatic carbocycles. The first kappa shape index (κ1) is 19.6. The molecule has 30 heavy (non-hydrogen) atoms. The number of H-pyrrole nitrogens is 1. The highest BCUT2D eigenvalue weighted by molar-refractivity contribution is 8.15. The van der Waals surface area contributed by atoms with Gasteiger partial charge in [0.15, 0.2) is 0 Å². The highest BCUT2D eigenvalue weighted by atomic mass is 32.2. The molecule has 0 bridgehead atoms. The molecule has 3 aromatic rings. The summed E-state index contributed by atoms with van der Waals surface area (Å²) in [6.45, 7) is 0. The molecule has 3 N–H and O–H groups in total. The van der Waals surface area contributed by atoms with Gasteiger partial charge in [0.2, 0.25) is 11.8 Å². The van der Waals surface area contributed by atoms with E-state index in [9.17, 15) is 14.4 Å². The summed E-state index contributed by atoms with van der Waals surface area (Å²) < 4.78 is 0. The molecule has 0 aliphatic carbocycles. The van der Waals surface area contributed by atoms with Gasteiger partial charge in [0, 0.05) is 41.5 Å². The number of hydrogen-bond donors (Lipinski definition) is 3. The number of rotatable bonds is 6. The lowest BCUT2D eigenvalue weighted by atomic mass is 10.0. The topological polar surface area (TPSA) is 117 Å². The number of imide groups is 1. The van der Waals surface area contributed by atoms with Crippen LogP contribution in [0.2, 0.25) is 0 Å². The van der Waals surface area contributed by atoms with E-state index in [4.69, 9.17) is 0 Å². The van der Waals surface area contributed by atoms with Crippen molar-refractivity contribution >= 4 is 40.6 Å². The lowest BCUT2D eigenvalue weighted by Crippen LogP contribution is -2.25. The van der Waals surface area contributed by atoms with Crippen LogP contribution in [0.1, 0.15) is 11.1 Å². The quantitative estimate of drug-likeness (QED) is 0.529. The van der Waals surface area contributed by atoms with Crippen molar-refractivity contribution in [3.8, 4) is 11.1 Å². The molecule has 1 aliphatic rings. The maximum atomic E-state index is 12.3. The zero-order valence-corrected chi connectivity index (χ0v) is 16.5. The van der Waals surface area contributed by atoms with Gasteiger partial charge >= 0.3 is 0 Å². The molecule has 0 radical (unpaired) electrons. The summed E-state index contributed by atoms with van der Waals surface area (Å²) in [6, 6.07) is 9.04. The smallest absolute Gasteiger partial charge is 0.286 e. The van der Waals surface area contributed by atoms with Gasteiger partial charge in [-0.2, -0.15) is 5.10 Å². The van der Waals surface area contributed by atoms with Crippen LogP contribution in [0.3, 0.4) is 0 Å². The van der Waals surface area contributed by atoms with Crippen LogP contribution >= 0.6 is 11.8 Å². The molecule has 1 aliphatic heterocycles. The molecule has 1 atom stereocenters. The van der Waals surface area contributed by atoms with E-state index in [-0.39, 0.29) is 17.1 Å². The van der Waals surface area contributed by atoms with Crippen molar-refractivity contribution in [2.45, 2.75) is 11.7 Å². The molecular weight excluding hydrogens is 402 g/mol. The van der Waals surface area contributed by atoms with Gasteiger partial charge in [0.25, 0.3) is 5.24 Å². The van der Waals surface area contributed by atoms with Gasteiger partial charge in [-0.1, -0.05) is 23.9 Å². The van der Waals surface area contributed by atoms with Gasteiger partial charge in [-0.05, 0) is 41.8 Å². The van der Waals surface area contributed by atoms with Crippen LogP contribution < -0.4 is 10.6 Å². The van der Waals surface area contributed by atoms with Crippen molar-refractivity contribution in [2.24, 2.45) is 0 Å². The van der Waals surface area contributed by atoms with Crippen LogP contribution in [-0.4, -0.2) is 37.5 Å². The van der Waals surface area contributed by atoms with E-state index in [0.717, 1.165) is 34.0 Å². The molecular formula is C21H17N5O3S. The molecule has 9 heteroatoms. The molecule has 150 valence electrons. The second-order valence-electron chi connectivity index (χ2n) is 6.56. The molecule has 1 unspecified atom stereocenters. The van der Waals surface area contributed by atoms with Gasteiger partial charge in [0.05, 0.1) is 11.4 Å². The number of benzene rings is 1. The molecule has 0 spiro atoms. The summed E-state index contributed by atoms with van der Waals surface area (Å²) in [7, 11) is 0. The summed E-state index contributed by atoms with van der Waals surface area (Å²) >= 11 is 0.998. The SMILES string of the molecule is O=C(C=Cc1cnccc1-c1cn[nH]c1)Nc1ccc(CC2SC(=O)NC2=O)cc1. The van der Waals surface area contributed by atoms with E-state index in [1.54, 1.807) is 43.0 Å². The predicted octanol–water partition coefficient (Wildman–Crippen LogP) is 3.02. The van der Waals surface area contributed by atoms with E-state index >= 15 is 0 Å². The standard InChI is InChI=1S/C21H17N5O3S/c27-19(6-3-14-10-22-8-7-17(14)15-11-23-24-12-15)25-16-4-1-13(2-5-16)9-18-20(28)26-21(29)30-18/h1-8,10-12,18H,9H2,(H,23,24)(H,25,27)(H,26,28,29). The third kappa shape index (κ3) is 4.64. The number of amides is 3. The van der Waals surface area contributed by atoms with E-state index < -0.39 is 5.25 Å². The molecule has 0 saturated carbocycles. The average molecular weight is 419 g/mol. The second-order valence-corrected chi connectivity index (χ2v) is 7.73. The van der Waals surface area contributed by atoms with Gasteiger partial charge in [-0.15, -0.1) is 0 Å². The largest absolute Gasteiger partial charge is 0.323 e. The highest BCUT2D eigenvalue weighted by Gasteiger charge is 2.31. The first-order valence-corrected chi connectivity index (χ1v) is 9.99. The Kier molecular flexibility index (Phi) is 5.71. The van der Waals surface area contributed by atoms with Crippen LogP contribution in [0.4, 0.5) is 10.5 Å². The number of aromatic amines is 1. The molecule has 8 nitrogen and oxygen atoms in total. The van der Waals surface area contributed by atoms with Gasteiger partial charge in [-0.25, -0.2) is 0 Å². The summed E-state index contributed by atoms with van der Waals surface area (Å²) in [4.78, 5) is 39.3. The Morgan fingerprint density at radius 1 is 1.17 bits per heavy atom. The normalized spacial score (nSPS) is 16.1. The minimum atomic E-state index is -0.412. The number of aromatic nitrogens is 3. The summed E-state index contributed by atoms with van der Waals surface area (Å²) in [6.07, 6.45) is 10.4. The number of nitrogens with zero attached hydrogens (tertiary/aromatic N) is 2. The van der Waals surface area contributed by atoms with Crippen molar-refractivity contribution in [1.82, 2.24) is 20.5 Å². The molecule has 1 saturated heterocycles. The Bertz CT molecular complexity index is 1110. The van der Waals surface area contributed by atoms with Crippen LogP contribution in [-0.2, 0) is 16.0 Å². The minimum Gasteiger partial charge on any atom is -0.323 e. The fraction of sp³-hybridized carbons (Fsp3) is 0.0952. The predicted molar refractivity (Wildman–Crippen MR) is 115 cm³/mol. The van der Waals surface area contributed by atoms with E-state index in [1.807, 2.05) is 18.2 Å². The zero-order valence-electron chi connectivity index (χ0n) is 15.7. The number of carbonyl (C=O) groups is 3. The molecule has 1 fully saturated rings. The first-order chi connectivity index (χ1) is 14.6. The maximum Gasteiger partial charge on any atom is 0.286 e. The third-order valence-electron chi connectivity index (χ3n) is 4.48. The maximum absolute atomic E-state index is 12.3. The number of thioether (sulfide) groups is 1. The third-order valence-corrected chi connectivity index (χ3v) is 5.47. The van der Waals surface area contributed by atoms with Gasteiger partial charge in [-0.3, -0.25) is 29.8 Å². The fourth-order valence-corrected chi connectivity index (χ4v) is 3.88. The highest BCUT2D eigenvalue weighted by Crippen LogP contribution is 2.24. The minimum absolute atomic E-state index is 0.266. The molecule has 3 heterocycles. The Morgan fingerprint density at radius 3 is 2.70 bits per heavy atom. The van der Waals surface area contributed by atoms with Gasteiger partial charge in [0.1, 0.15) is 0 Å². The zero-order chi connectivity index (χ0) is 20.9.